The molecule has 0 fully saturated rings. The highest BCUT2D eigenvalue weighted by Gasteiger charge is 2.52. The molecular weight excluding hydrogens is 913 g/mol. The first kappa shape index (κ1) is 48.6. The van der Waals surface area contributed by atoms with Gasteiger partial charge in [0.2, 0.25) is 12.3 Å². The molecule has 0 aliphatic carbocycles. The third-order valence-electron chi connectivity index (χ3n) is 9.89. The van der Waals surface area contributed by atoms with Crippen LogP contribution in [0.25, 0.3) is 0 Å². The van der Waals surface area contributed by atoms with E-state index in [4.69, 9.17) is 0 Å². The van der Waals surface area contributed by atoms with Crippen molar-refractivity contribution in [1.82, 2.24) is 0 Å². The number of Topliss-reactive ketones (excluding diaryl/α,β-unsaturated/α-hetero) is 1. The number of halogens is 20. The number of carbonyl (C=O) groups is 1. The number of ketones is 1. The molecule has 0 aliphatic rings. The fourth-order valence-corrected chi connectivity index (χ4v) is 6.82. The number of hydrogen-bond acceptors (Lipinski definition) is 1. The Morgan fingerprint density at radius 3 is 0.859 bits per heavy atom. The summed E-state index contributed by atoms with van der Waals surface area (Å²) in [7, 11) is 0. The molecule has 6 aromatic rings. The average molecular weight is 933 g/mol. The van der Waals surface area contributed by atoms with Crippen LogP contribution in [0.2, 0.25) is 0 Å². The van der Waals surface area contributed by atoms with Gasteiger partial charge >= 0.3 is 0 Å². The largest absolute Gasteiger partial charge is 0.287 e. The zero-order chi connectivity index (χ0) is 48.2. The second-order valence-corrected chi connectivity index (χ2v) is 14.6. The van der Waals surface area contributed by atoms with Crippen molar-refractivity contribution in [3.63, 3.8) is 0 Å². The number of benzene rings is 5. The maximum Gasteiger partial charge on any atom is 0.227 e. The fraction of sp³-hybridized carbons (Fsp3) is 0.122. The summed E-state index contributed by atoms with van der Waals surface area (Å²) in [5, 5.41) is 0. The molecule has 0 atom stereocenters. The highest BCUT2D eigenvalue weighted by Crippen LogP contribution is 2.31. The van der Waals surface area contributed by atoms with Crippen LogP contribution in [0.3, 0.4) is 0 Å². The maximum absolute atomic E-state index is 15.4. The number of rotatable bonds is 7. The molecule has 6 rings (SSSR count). The van der Waals surface area contributed by atoms with Crippen LogP contribution in [-0.4, -0.2) is 11.9 Å². The summed E-state index contributed by atoms with van der Waals surface area (Å²) >= 11 is 0. The first-order chi connectivity index (χ1) is 29.7. The highest BCUT2D eigenvalue weighted by molar-refractivity contribution is 7.20. The monoisotopic (exact) mass is 933 g/mol. The predicted octanol–water partition coefficient (Wildman–Crippen LogP) is 9.00. The highest BCUT2D eigenvalue weighted by atomic mass is 19.2. The van der Waals surface area contributed by atoms with Crippen molar-refractivity contribution < 1.29 is 97.2 Å². The van der Waals surface area contributed by atoms with Crippen molar-refractivity contribution in [2.24, 2.45) is 0 Å². The van der Waals surface area contributed by atoms with Gasteiger partial charge in [0.1, 0.15) is 52.7 Å². The lowest BCUT2D eigenvalue weighted by Crippen LogP contribution is -2.81. The van der Waals surface area contributed by atoms with Crippen molar-refractivity contribution in [1.29, 1.82) is 0 Å². The van der Waals surface area contributed by atoms with E-state index < -0.39 is 144 Å². The van der Waals surface area contributed by atoms with Crippen molar-refractivity contribution in [3.05, 3.63) is 182 Å². The molecule has 0 aliphatic heterocycles. The van der Waals surface area contributed by atoms with Crippen LogP contribution >= 0.6 is 0 Å². The topological polar surface area (TPSA) is 20.9 Å². The average Bonchev–Trinajstić information content (AvgIpc) is 3.26. The SMILES string of the molecule is CC(C)(C)c1cc[n+](CC(=O)c2ccccc2)cc1.Fc1c(F)c(F)c([B-](c2c(F)c(F)c(F)c(F)c2F)(c2c(F)c(F)c(F)c(F)c2F)c2c(F)c(F)c(F)c(F)c2F)c(F)c1F. The molecule has 0 N–H and O–H groups in total. The molecule has 0 saturated carbocycles. The summed E-state index contributed by atoms with van der Waals surface area (Å²) in [4.78, 5) is 12.1. The summed E-state index contributed by atoms with van der Waals surface area (Å²) in [5.74, 6) is -71.3. The van der Waals surface area contributed by atoms with Gasteiger partial charge in [-0.2, -0.15) is 4.57 Å². The lowest BCUT2D eigenvalue weighted by molar-refractivity contribution is -0.683. The third kappa shape index (κ3) is 7.81. The second-order valence-electron chi connectivity index (χ2n) is 14.6. The van der Waals surface area contributed by atoms with E-state index in [9.17, 15) is 57.5 Å². The molecular formula is C41H20BF20NO. The molecule has 23 heteroatoms. The van der Waals surface area contributed by atoms with E-state index in [0.717, 1.165) is 5.56 Å². The first-order valence-corrected chi connectivity index (χ1v) is 17.5. The Morgan fingerprint density at radius 1 is 0.391 bits per heavy atom. The summed E-state index contributed by atoms with van der Waals surface area (Å²) in [5.41, 5.74) is -12.2. The van der Waals surface area contributed by atoms with Crippen LogP contribution < -0.4 is 26.4 Å². The van der Waals surface area contributed by atoms with Crippen LogP contribution in [0.1, 0.15) is 36.7 Å². The van der Waals surface area contributed by atoms with Gasteiger partial charge in [-0.05, 0) is 11.0 Å². The Morgan fingerprint density at radius 2 is 0.625 bits per heavy atom. The molecule has 5 aromatic carbocycles. The molecule has 64 heavy (non-hydrogen) atoms. The first-order valence-electron chi connectivity index (χ1n) is 17.5. The molecule has 0 bridgehead atoms. The standard InChI is InChI=1S/C24BF20.C17H20NO/c26-5-1(6(27)14(35)21(42)13(5)34)25(2-7(28)15(36)22(43)16(37)8(2)29,3-9(30)17(38)23(44)18(39)10(3)31)4-11(32)19(40)24(45)20(41)12(4)33;1-17(2,3)15-9-11-18(12-10-15)13-16(19)14-7-5-4-6-8-14/h;4-12H,13H2,1-3H3/q-1;+1. The Bertz CT molecular complexity index is 2470. The number of aromatic nitrogens is 1. The van der Waals surface area contributed by atoms with Gasteiger partial charge in [-0.3, -0.25) is 4.79 Å². The number of nitrogens with zero attached hydrogens (tertiary/aromatic N) is 1. The van der Waals surface area contributed by atoms with Gasteiger partial charge in [0.15, 0.2) is 82.2 Å². The molecule has 0 saturated heterocycles. The molecule has 1 heterocycles. The van der Waals surface area contributed by atoms with Crippen LogP contribution in [0.4, 0.5) is 87.8 Å². The van der Waals surface area contributed by atoms with E-state index >= 15 is 35.1 Å². The molecule has 0 amide bonds. The number of carbonyl (C=O) groups excluding carboxylic acids is 1. The van der Waals surface area contributed by atoms with E-state index in [1.54, 1.807) is 0 Å². The fourth-order valence-electron chi connectivity index (χ4n) is 6.82. The summed E-state index contributed by atoms with van der Waals surface area (Å²) in [6, 6.07) is 13.6. The van der Waals surface area contributed by atoms with Crippen molar-refractivity contribution in [3.8, 4) is 0 Å². The molecule has 1 aromatic heterocycles. The Kier molecular flexibility index (Phi) is 13.4. The smallest absolute Gasteiger partial charge is 0.227 e. The van der Waals surface area contributed by atoms with Gasteiger partial charge in [0, 0.05) is 17.7 Å². The Labute approximate surface area is 345 Å². The van der Waals surface area contributed by atoms with E-state index in [-0.39, 0.29) is 11.2 Å². The van der Waals surface area contributed by atoms with Gasteiger partial charge in [0.25, 0.3) is 0 Å². The minimum absolute atomic E-state index is 0.133. The van der Waals surface area contributed by atoms with Crippen molar-refractivity contribution in [2.45, 2.75) is 32.7 Å². The normalized spacial score (nSPS) is 11.8. The second kappa shape index (κ2) is 17.6. The van der Waals surface area contributed by atoms with Gasteiger partial charge in [-0.15, -0.1) is 21.9 Å². The zero-order valence-electron chi connectivity index (χ0n) is 31.9. The molecule has 0 spiro atoms. The lowest BCUT2D eigenvalue weighted by Gasteiger charge is -2.44. The maximum atomic E-state index is 15.4. The van der Waals surface area contributed by atoms with Gasteiger partial charge in [0.05, 0.1) is 0 Å². The van der Waals surface area contributed by atoms with E-state index in [0.29, 0.717) is 6.54 Å². The van der Waals surface area contributed by atoms with E-state index in [1.807, 2.05) is 47.3 Å². The summed E-state index contributed by atoms with van der Waals surface area (Å²) in [6.07, 6.45) is -3.27. The van der Waals surface area contributed by atoms with Crippen molar-refractivity contribution >= 4 is 33.8 Å². The quantitative estimate of drug-likeness (QED) is 0.0392. The lowest BCUT2D eigenvalue weighted by atomic mass is 9.12. The molecule has 2 nitrogen and oxygen atoms in total. The van der Waals surface area contributed by atoms with Gasteiger partial charge < -0.3 is 0 Å². The summed E-state index contributed by atoms with van der Waals surface area (Å²) in [6.45, 7) is 6.93. The third-order valence-corrected chi connectivity index (χ3v) is 9.89. The van der Waals surface area contributed by atoms with Gasteiger partial charge in [-0.25, -0.2) is 87.8 Å². The zero-order valence-corrected chi connectivity index (χ0v) is 31.9. The molecule has 0 unspecified atom stereocenters. The molecule has 338 valence electrons. The molecule has 0 radical (unpaired) electrons. The van der Waals surface area contributed by atoms with Crippen LogP contribution in [0.15, 0.2) is 54.9 Å². The minimum Gasteiger partial charge on any atom is -0.287 e. The Balaban J connectivity index is 0.000000337. The number of pyridine rings is 1. The minimum atomic E-state index is -7.22. The summed E-state index contributed by atoms with van der Waals surface area (Å²) < 4.78 is 296. The van der Waals surface area contributed by atoms with Crippen LogP contribution in [0, 0.1) is 116 Å². The van der Waals surface area contributed by atoms with E-state index in [2.05, 4.69) is 32.9 Å². The van der Waals surface area contributed by atoms with Crippen LogP contribution in [-0.2, 0) is 12.0 Å². The Hall–Kier alpha value is -6.42. The van der Waals surface area contributed by atoms with Gasteiger partial charge in [-0.1, -0.05) is 51.1 Å². The van der Waals surface area contributed by atoms with E-state index in [1.165, 1.54) is 5.56 Å². The van der Waals surface area contributed by atoms with Crippen LogP contribution in [0.5, 0.6) is 0 Å². The predicted molar refractivity (Wildman–Crippen MR) is 185 cm³/mol. The number of hydrogen-bond donors (Lipinski definition) is 0. The van der Waals surface area contributed by atoms with Crippen molar-refractivity contribution in [2.75, 3.05) is 0 Å².